The second kappa shape index (κ2) is 14.6. The van der Waals surface area contributed by atoms with Crippen LogP contribution in [0.2, 0.25) is 10.0 Å². The van der Waals surface area contributed by atoms with E-state index >= 15 is 0 Å². The minimum atomic E-state index is -0.790. The van der Waals surface area contributed by atoms with Gasteiger partial charge in [-0.1, -0.05) is 43.1 Å². The van der Waals surface area contributed by atoms with Gasteiger partial charge >= 0.3 is 6.09 Å². The van der Waals surface area contributed by atoms with E-state index in [1.807, 2.05) is 13.8 Å². The number of aromatic amines is 1. The minimum absolute atomic E-state index is 0.0533. The van der Waals surface area contributed by atoms with Crippen LogP contribution in [0.5, 0.6) is 0 Å². The van der Waals surface area contributed by atoms with Crippen molar-refractivity contribution in [3.05, 3.63) is 45.7 Å². The number of alkyl carbamates (subject to hydrolysis) is 1. The predicted octanol–water partition coefficient (Wildman–Crippen LogP) is 3.36. The normalized spacial score (nSPS) is 14.6. The van der Waals surface area contributed by atoms with Crippen molar-refractivity contribution in [3.63, 3.8) is 0 Å². The van der Waals surface area contributed by atoms with Crippen molar-refractivity contribution in [2.45, 2.75) is 65.1 Å². The maximum Gasteiger partial charge on any atom is 0.408 e. The van der Waals surface area contributed by atoms with Gasteiger partial charge < -0.3 is 30.9 Å². The van der Waals surface area contributed by atoms with Gasteiger partial charge in [0.1, 0.15) is 23.9 Å². The number of halogens is 2. The van der Waals surface area contributed by atoms with Crippen LogP contribution in [0.15, 0.2) is 24.4 Å². The van der Waals surface area contributed by atoms with Crippen LogP contribution >= 0.6 is 23.2 Å². The summed E-state index contributed by atoms with van der Waals surface area (Å²) in [6.45, 7) is 9.15. The predicted molar refractivity (Wildman–Crippen MR) is 161 cm³/mol. The maximum absolute atomic E-state index is 13.3. The Morgan fingerprint density at radius 3 is 2.28 bits per heavy atom. The minimum Gasteiger partial charge on any atom is -0.444 e. The van der Waals surface area contributed by atoms with Crippen LogP contribution in [-0.4, -0.2) is 82.1 Å². The van der Waals surface area contributed by atoms with E-state index in [2.05, 4.69) is 31.5 Å². The van der Waals surface area contributed by atoms with Gasteiger partial charge in [-0.25, -0.2) is 4.79 Å². The lowest BCUT2D eigenvalue weighted by Gasteiger charge is -2.35. The average molecular weight is 639 g/mol. The van der Waals surface area contributed by atoms with E-state index < -0.39 is 35.5 Å². The summed E-state index contributed by atoms with van der Waals surface area (Å²) >= 11 is 12.2. The van der Waals surface area contributed by atoms with Crippen molar-refractivity contribution in [3.8, 4) is 0 Å². The number of nitrogens with zero attached hydrogens (tertiary/aromatic N) is 2. The van der Waals surface area contributed by atoms with E-state index in [0.717, 1.165) is 0 Å². The first kappa shape index (κ1) is 33.7. The molecule has 1 aromatic heterocycles. The third-order valence-electron chi connectivity index (χ3n) is 6.49. The van der Waals surface area contributed by atoms with Crippen LogP contribution in [0.1, 0.15) is 68.3 Å². The summed E-state index contributed by atoms with van der Waals surface area (Å²) < 4.78 is 5.13. The molecule has 2 heterocycles. The van der Waals surface area contributed by atoms with Crippen LogP contribution in [-0.2, 0) is 14.3 Å². The molecule has 13 nitrogen and oxygen atoms in total. The summed E-state index contributed by atoms with van der Waals surface area (Å²) in [5.74, 6) is -2.04. The SMILES string of the molecule is CC(C)[C@H](NC(=O)CNC(=O)OC(C)(C)C)C(=O)N1CCC(NC(=O)c2[nH]ncc2NC(=O)c2c(Cl)cccc2Cl)CC1. The molecule has 5 amide bonds. The molecule has 3 rings (SSSR count). The Hall–Kier alpha value is -3.84. The molecule has 0 aliphatic carbocycles. The zero-order valence-corrected chi connectivity index (χ0v) is 26.2. The van der Waals surface area contributed by atoms with Crippen molar-refractivity contribution in [2.24, 2.45) is 5.92 Å². The number of anilines is 1. The first-order chi connectivity index (χ1) is 20.2. The Labute approximate surface area is 259 Å². The Bertz CT molecular complexity index is 1330. The summed E-state index contributed by atoms with van der Waals surface area (Å²) in [6.07, 6.45) is 1.53. The molecule has 1 aliphatic rings. The van der Waals surface area contributed by atoms with Crippen molar-refractivity contribution in [1.29, 1.82) is 0 Å². The number of likely N-dealkylation sites (tertiary alicyclic amines) is 1. The fourth-order valence-electron chi connectivity index (χ4n) is 4.36. The fraction of sp³-hybridized carbons (Fsp3) is 0.500. The third kappa shape index (κ3) is 9.58. The summed E-state index contributed by atoms with van der Waals surface area (Å²) in [5, 5.41) is 17.4. The lowest BCUT2D eigenvalue weighted by atomic mass is 9.99. The van der Waals surface area contributed by atoms with Crippen molar-refractivity contribution in [2.75, 3.05) is 25.0 Å². The quantitative estimate of drug-likeness (QED) is 0.280. The van der Waals surface area contributed by atoms with Gasteiger partial charge in [-0.05, 0) is 51.7 Å². The van der Waals surface area contributed by atoms with Gasteiger partial charge in [-0.3, -0.25) is 24.3 Å². The van der Waals surface area contributed by atoms with Crippen LogP contribution in [0.3, 0.4) is 0 Å². The summed E-state index contributed by atoms with van der Waals surface area (Å²) in [7, 11) is 0. The van der Waals surface area contributed by atoms with Crippen LogP contribution in [0.25, 0.3) is 0 Å². The number of hydrogen-bond acceptors (Lipinski definition) is 7. The zero-order chi connectivity index (χ0) is 31.9. The number of nitrogens with one attached hydrogen (secondary N) is 5. The molecule has 15 heteroatoms. The number of piperidine rings is 1. The van der Waals surface area contributed by atoms with Crippen LogP contribution in [0.4, 0.5) is 10.5 Å². The molecule has 1 saturated heterocycles. The number of benzene rings is 1. The maximum atomic E-state index is 13.3. The van der Waals surface area contributed by atoms with E-state index in [0.29, 0.717) is 25.9 Å². The molecule has 2 aromatic rings. The molecule has 0 unspecified atom stereocenters. The van der Waals surface area contributed by atoms with Crippen molar-refractivity contribution in [1.82, 2.24) is 31.0 Å². The van der Waals surface area contributed by atoms with E-state index in [-0.39, 0.29) is 51.4 Å². The number of rotatable bonds is 9. The van der Waals surface area contributed by atoms with E-state index in [1.54, 1.807) is 31.7 Å². The number of carbonyl (C=O) groups is 5. The molecule has 0 bridgehead atoms. The summed E-state index contributed by atoms with van der Waals surface area (Å²) in [5.41, 5.74) is -0.420. The molecular formula is C28H37Cl2N7O6. The lowest BCUT2D eigenvalue weighted by Crippen LogP contribution is -2.56. The number of H-pyrrole nitrogens is 1. The van der Waals surface area contributed by atoms with E-state index in [1.165, 1.54) is 18.3 Å². The Balaban J connectivity index is 1.52. The Kier molecular flexibility index (Phi) is 11.4. The first-order valence-electron chi connectivity index (χ1n) is 13.8. The number of aromatic nitrogens is 2. The van der Waals surface area contributed by atoms with Crippen molar-refractivity contribution < 1.29 is 28.7 Å². The number of amides is 5. The Morgan fingerprint density at radius 1 is 1.07 bits per heavy atom. The lowest BCUT2D eigenvalue weighted by molar-refractivity contribution is -0.138. The molecule has 1 atom stereocenters. The smallest absolute Gasteiger partial charge is 0.408 e. The van der Waals surface area contributed by atoms with Gasteiger partial charge in [0.2, 0.25) is 11.8 Å². The zero-order valence-electron chi connectivity index (χ0n) is 24.7. The summed E-state index contributed by atoms with van der Waals surface area (Å²) in [6, 6.07) is 3.64. The van der Waals surface area contributed by atoms with Gasteiger partial charge in [0.15, 0.2) is 0 Å². The molecule has 43 heavy (non-hydrogen) atoms. The highest BCUT2D eigenvalue weighted by Crippen LogP contribution is 2.26. The topological polar surface area (TPSA) is 175 Å². The van der Waals surface area contributed by atoms with Gasteiger partial charge in [0.05, 0.1) is 27.5 Å². The molecule has 0 saturated carbocycles. The van der Waals surface area contributed by atoms with Gasteiger partial charge in [0, 0.05) is 19.1 Å². The highest BCUT2D eigenvalue weighted by molar-refractivity contribution is 6.40. The van der Waals surface area contributed by atoms with E-state index in [4.69, 9.17) is 27.9 Å². The molecule has 1 fully saturated rings. The molecule has 0 spiro atoms. The van der Waals surface area contributed by atoms with Gasteiger partial charge in [-0.15, -0.1) is 0 Å². The van der Waals surface area contributed by atoms with Gasteiger partial charge in [0.25, 0.3) is 11.8 Å². The highest BCUT2D eigenvalue weighted by atomic mass is 35.5. The fourth-order valence-corrected chi connectivity index (χ4v) is 4.93. The second-order valence-corrected chi connectivity index (χ2v) is 12.2. The van der Waals surface area contributed by atoms with Crippen LogP contribution in [0, 0.1) is 5.92 Å². The number of hydrogen-bond donors (Lipinski definition) is 5. The molecule has 1 aromatic carbocycles. The largest absolute Gasteiger partial charge is 0.444 e. The second-order valence-electron chi connectivity index (χ2n) is 11.4. The van der Waals surface area contributed by atoms with Crippen LogP contribution < -0.4 is 21.3 Å². The molecular weight excluding hydrogens is 601 g/mol. The molecule has 1 aliphatic heterocycles. The standard InChI is InChI=1S/C28H37Cl2N7O6/c1-15(2)22(35-20(38)14-31-27(42)43-28(3,4)5)26(41)37-11-9-16(10-12-37)33-25(40)23-19(13-32-36-23)34-24(39)21-17(29)7-6-8-18(21)30/h6-8,13,15-16,22H,9-12,14H2,1-5H3,(H,31,42)(H,32,36)(H,33,40)(H,34,39)(H,35,38)/t22-/m0/s1. The van der Waals surface area contributed by atoms with Gasteiger partial charge in [-0.2, -0.15) is 5.10 Å². The molecule has 5 N–H and O–H groups in total. The van der Waals surface area contributed by atoms with Crippen molar-refractivity contribution >= 4 is 58.6 Å². The monoisotopic (exact) mass is 637 g/mol. The van der Waals surface area contributed by atoms with E-state index in [9.17, 15) is 24.0 Å². The average Bonchev–Trinajstić information content (AvgIpc) is 3.37. The highest BCUT2D eigenvalue weighted by Gasteiger charge is 2.32. The molecule has 234 valence electrons. The first-order valence-corrected chi connectivity index (χ1v) is 14.6. The summed E-state index contributed by atoms with van der Waals surface area (Å²) in [4.78, 5) is 65.0. The number of carbonyl (C=O) groups excluding carboxylic acids is 5. The third-order valence-corrected chi connectivity index (χ3v) is 7.12. The molecule has 0 radical (unpaired) electrons. The Morgan fingerprint density at radius 2 is 1.70 bits per heavy atom. The number of ether oxygens (including phenoxy) is 1.